The maximum atomic E-state index is 13.8. The number of aromatic hydroxyl groups is 1. The largest absolute Gasteiger partial charge is 0.504 e. The van der Waals surface area contributed by atoms with E-state index in [1.54, 1.807) is 31.4 Å². The molecule has 2 N–H and O–H groups in total. The van der Waals surface area contributed by atoms with Gasteiger partial charge in [0.05, 0.1) is 14.2 Å². The third-order valence-corrected chi connectivity index (χ3v) is 5.05. The van der Waals surface area contributed by atoms with Crippen LogP contribution in [0, 0.1) is 5.82 Å². The Morgan fingerprint density at radius 2 is 1.70 bits per heavy atom. The van der Waals surface area contributed by atoms with Crippen molar-refractivity contribution in [2.24, 2.45) is 0 Å². The number of methoxy groups -OCH3 is 2. The molecule has 0 amide bonds. The number of likely N-dealkylation sites (tertiary alicyclic amines) is 1. The molecular formula is C21H27FN2O3. The summed E-state index contributed by atoms with van der Waals surface area (Å²) in [5, 5.41) is 13.4. The highest BCUT2D eigenvalue weighted by Gasteiger charge is 2.19. The van der Waals surface area contributed by atoms with E-state index in [0.29, 0.717) is 18.3 Å². The molecule has 0 aliphatic carbocycles. The topological polar surface area (TPSA) is 54.0 Å². The summed E-state index contributed by atoms with van der Waals surface area (Å²) < 4.78 is 23.9. The van der Waals surface area contributed by atoms with Crippen molar-refractivity contribution in [3.63, 3.8) is 0 Å². The lowest BCUT2D eigenvalue weighted by Gasteiger charge is -2.32. The van der Waals surface area contributed by atoms with Crippen LogP contribution in [-0.4, -0.2) is 43.4 Å². The van der Waals surface area contributed by atoms with Crippen molar-refractivity contribution in [1.82, 2.24) is 10.2 Å². The predicted octanol–water partition coefficient (Wildman–Crippen LogP) is 3.30. The van der Waals surface area contributed by atoms with Crippen LogP contribution in [0.25, 0.3) is 0 Å². The minimum atomic E-state index is -0.311. The molecular weight excluding hydrogens is 347 g/mol. The van der Waals surface area contributed by atoms with E-state index in [0.717, 1.165) is 43.6 Å². The van der Waals surface area contributed by atoms with Gasteiger partial charge in [-0.05, 0) is 61.3 Å². The molecule has 1 aliphatic rings. The van der Waals surface area contributed by atoms with Gasteiger partial charge in [0.25, 0.3) is 0 Å². The number of phenolic OH excluding ortho intramolecular Hbond substituents is 1. The van der Waals surface area contributed by atoms with Gasteiger partial charge in [-0.2, -0.15) is 0 Å². The van der Waals surface area contributed by atoms with Crippen LogP contribution in [-0.2, 0) is 13.1 Å². The zero-order valence-corrected chi connectivity index (χ0v) is 15.9. The van der Waals surface area contributed by atoms with Crippen molar-refractivity contribution in [1.29, 1.82) is 0 Å². The van der Waals surface area contributed by atoms with Gasteiger partial charge >= 0.3 is 0 Å². The molecule has 5 nitrogen and oxygen atoms in total. The van der Waals surface area contributed by atoms with Gasteiger partial charge in [-0.15, -0.1) is 0 Å². The van der Waals surface area contributed by atoms with E-state index in [1.165, 1.54) is 7.11 Å². The maximum absolute atomic E-state index is 13.8. The second kappa shape index (κ2) is 9.06. The van der Waals surface area contributed by atoms with Crippen molar-refractivity contribution in [3.05, 3.63) is 53.3 Å². The summed E-state index contributed by atoms with van der Waals surface area (Å²) >= 11 is 0. The van der Waals surface area contributed by atoms with Crippen LogP contribution < -0.4 is 14.8 Å². The average molecular weight is 374 g/mol. The number of hydrogen-bond acceptors (Lipinski definition) is 5. The minimum Gasteiger partial charge on any atom is -0.504 e. The summed E-state index contributed by atoms with van der Waals surface area (Å²) in [7, 11) is 3.02. The van der Waals surface area contributed by atoms with Crippen LogP contribution in [0.1, 0.15) is 24.0 Å². The van der Waals surface area contributed by atoms with E-state index < -0.39 is 0 Å². The fraction of sp³-hybridized carbons (Fsp3) is 0.429. The molecule has 1 fully saturated rings. The highest BCUT2D eigenvalue weighted by Crippen LogP contribution is 2.26. The molecule has 0 bridgehead atoms. The van der Waals surface area contributed by atoms with Crippen molar-refractivity contribution in [2.75, 3.05) is 27.3 Å². The summed E-state index contributed by atoms with van der Waals surface area (Å²) in [6.45, 7) is 3.41. The third-order valence-electron chi connectivity index (χ3n) is 5.05. The van der Waals surface area contributed by atoms with Crippen LogP contribution in [0.3, 0.4) is 0 Å². The Balaban J connectivity index is 1.45. The summed E-state index contributed by atoms with van der Waals surface area (Å²) in [4.78, 5) is 2.35. The zero-order chi connectivity index (χ0) is 19.2. The maximum Gasteiger partial charge on any atom is 0.165 e. The first-order valence-corrected chi connectivity index (χ1v) is 9.23. The lowest BCUT2D eigenvalue weighted by Crippen LogP contribution is -2.41. The summed E-state index contributed by atoms with van der Waals surface area (Å²) in [6.07, 6.45) is 2.08. The van der Waals surface area contributed by atoms with E-state index in [9.17, 15) is 9.50 Å². The molecule has 6 heteroatoms. The molecule has 146 valence electrons. The molecule has 0 atom stereocenters. The van der Waals surface area contributed by atoms with E-state index in [2.05, 4.69) is 10.2 Å². The molecule has 1 aliphatic heterocycles. The van der Waals surface area contributed by atoms with Crippen molar-refractivity contribution in [3.8, 4) is 17.2 Å². The van der Waals surface area contributed by atoms with Crippen LogP contribution >= 0.6 is 0 Å². The number of ether oxygens (including phenoxy) is 2. The molecule has 0 aromatic heterocycles. The second-order valence-corrected chi connectivity index (χ2v) is 6.91. The predicted molar refractivity (Wildman–Crippen MR) is 103 cm³/mol. The molecule has 1 saturated heterocycles. The highest BCUT2D eigenvalue weighted by molar-refractivity contribution is 5.41. The summed E-state index contributed by atoms with van der Waals surface area (Å²) in [5.74, 6) is 0.626. The van der Waals surface area contributed by atoms with Gasteiger partial charge in [-0.25, -0.2) is 4.39 Å². The van der Waals surface area contributed by atoms with Gasteiger partial charge in [0.15, 0.2) is 23.1 Å². The zero-order valence-electron chi connectivity index (χ0n) is 15.9. The Morgan fingerprint density at radius 3 is 2.33 bits per heavy atom. The Morgan fingerprint density at radius 1 is 1.04 bits per heavy atom. The SMILES string of the molecule is COc1ccc(CNC2CCN(Cc3ccc(OC)c(F)c3)CC2)cc1O. The van der Waals surface area contributed by atoms with Crippen molar-refractivity contribution >= 4 is 0 Å². The first kappa shape index (κ1) is 19.5. The lowest BCUT2D eigenvalue weighted by atomic mass is 10.0. The molecule has 1 heterocycles. The van der Waals surface area contributed by atoms with Crippen molar-refractivity contribution in [2.45, 2.75) is 32.0 Å². The average Bonchev–Trinajstić information content (AvgIpc) is 2.68. The van der Waals surface area contributed by atoms with Gasteiger partial charge in [0, 0.05) is 19.1 Å². The van der Waals surface area contributed by atoms with Crippen LogP contribution in [0.15, 0.2) is 36.4 Å². The van der Waals surface area contributed by atoms with E-state index in [4.69, 9.17) is 9.47 Å². The molecule has 2 aromatic carbocycles. The number of benzene rings is 2. The summed E-state index contributed by atoms with van der Waals surface area (Å²) in [6, 6.07) is 11.1. The van der Waals surface area contributed by atoms with E-state index in [-0.39, 0.29) is 17.3 Å². The van der Waals surface area contributed by atoms with Crippen LogP contribution in [0.2, 0.25) is 0 Å². The number of phenols is 1. The molecule has 0 saturated carbocycles. The molecule has 3 rings (SSSR count). The number of hydrogen-bond donors (Lipinski definition) is 2. The van der Waals surface area contributed by atoms with Gasteiger partial charge in [0.1, 0.15) is 0 Å². The molecule has 0 spiro atoms. The number of rotatable bonds is 7. The minimum absolute atomic E-state index is 0.165. The van der Waals surface area contributed by atoms with Gasteiger partial charge in [0.2, 0.25) is 0 Å². The fourth-order valence-electron chi connectivity index (χ4n) is 3.47. The highest BCUT2D eigenvalue weighted by atomic mass is 19.1. The lowest BCUT2D eigenvalue weighted by molar-refractivity contribution is 0.190. The standard InChI is InChI=1S/C21H27FN2O3/c1-26-20-5-4-16(11-18(20)22)14-24-9-7-17(8-10-24)23-13-15-3-6-21(27-2)19(25)12-15/h3-6,11-12,17,23,25H,7-10,13-14H2,1-2H3. The molecule has 27 heavy (non-hydrogen) atoms. The van der Waals surface area contributed by atoms with Gasteiger partial charge < -0.3 is 19.9 Å². The molecule has 0 radical (unpaired) electrons. The Bertz CT molecular complexity index is 761. The molecule has 0 unspecified atom stereocenters. The quantitative estimate of drug-likeness (QED) is 0.779. The Hall–Kier alpha value is -2.31. The van der Waals surface area contributed by atoms with Crippen LogP contribution in [0.5, 0.6) is 17.2 Å². The Labute approximate surface area is 159 Å². The second-order valence-electron chi connectivity index (χ2n) is 6.91. The number of nitrogens with one attached hydrogen (secondary N) is 1. The fourth-order valence-corrected chi connectivity index (χ4v) is 3.47. The third kappa shape index (κ3) is 5.11. The normalized spacial score (nSPS) is 15.7. The number of nitrogens with zero attached hydrogens (tertiary/aromatic N) is 1. The van der Waals surface area contributed by atoms with Crippen molar-refractivity contribution < 1.29 is 19.0 Å². The summed E-state index contributed by atoms with van der Waals surface area (Å²) in [5.41, 5.74) is 2.00. The smallest absolute Gasteiger partial charge is 0.165 e. The van der Waals surface area contributed by atoms with Gasteiger partial charge in [-0.3, -0.25) is 4.90 Å². The van der Waals surface area contributed by atoms with E-state index in [1.807, 2.05) is 12.1 Å². The number of halogens is 1. The number of piperidine rings is 1. The first-order valence-electron chi connectivity index (χ1n) is 9.23. The van der Waals surface area contributed by atoms with E-state index >= 15 is 0 Å². The van der Waals surface area contributed by atoms with Crippen LogP contribution in [0.4, 0.5) is 4.39 Å². The molecule has 2 aromatic rings. The van der Waals surface area contributed by atoms with Gasteiger partial charge in [-0.1, -0.05) is 12.1 Å². The Kier molecular flexibility index (Phi) is 6.53. The first-order chi connectivity index (χ1) is 13.1. The monoisotopic (exact) mass is 374 g/mol.